The largest absolute Gasteiger partial charge is 0.486 e. The summed E-state index contributed by atoms with van der Waals surface area (Å²) in [6, 6.07) is 18.9. The van der Waals surface area contributed by atoms with Crippen LogP contribution in [0.15, 0.2) is 76.7 Å². The van der Waals surface area contributed by atoms with Gasteiger partial charge < -0.3 is 9.47 Å². The van der Waals surface area contributed by atoms with Gasteiger partial charge in [0.05, 0.1) is 16.8 Å². The molecule has 3 aromatic rings. The molecule has 1 aliphatic heterocycles. The third-order valence-corrected chi connectivity index (χ3v) is 7.02. The summed E-state index contributed by atoms with van der Waals surface area (Å²) >= 11 is 0. The van der Waals surface area contributed by atoms with Crippen molar-refractivity contribution in [1.29, 1.82) is 0 Å². The van der Waals surface area contributed by atoms with Crippen LogP contribution in [-0.4, -0.2) is 40.3 Å². The highest BCUT2D eigenvalue weighted by Gasteiger charge is 2.28. The minimum absolute atomic E-state index is 0.0975. The number of benzene rings is 3. The van der Waals surface area contributed by atoms with E-state index in [-0.39, 0.29) is 4.90 Å². The maximum atomic E-state index is 13.5. The Kier molecular flexibility index (Phi) is 6.83. The summed E-state index contributed by atoms with van der Waals surface area (Å²) in [6.45, 7) is 4.12. The molecule has 0 radical (unpaired) electrons. The van der Waals surface area contributed by atoms with Crippen molar-refractivity contribution in [2.45, 2.75) is 18.7 Å². The van der Waals surface area contributed by atoms with Crippen LogP contribution in [0.2, 0.25) is 0 Å². The van der Waals surface area contributed by atoms with Gasteiger partial charge in [0, 0.05) is 5.56 Å². The Bertz CT molecular complexity index is 1320. The minimum atomic E-state index is -3.99. The lowest BCUT2D eigenvalue weighted by atomic mass is 10.1. The molecule has 0 atom stereocenters. The second-order valence-electron chi connectivity index (χ2n) is 7.78. The van der Waals surface area contributed by atoms with Crippen LogP contribution in [-0.2, 0) is 14.8 Å². The molecular weight excluding hydrogens is 454 g/mol. The molecule has 0 aliphatic carbocycles. The molecule has 0 unspecified atom stereocenters. The first-order chi connectivity index (χ1) is 16.4. The Hall–Kier alpha value is -3.85. The number of ether oxygens (including phenoxy) is 2. The van der Waals surface area contributed by atoms with Gasteiger partial charge in [-0.1, -0.05) is 36.4 Å². The Labute approximate surface area is 198 Å². The number of hydrogen-bond acceptors (Lipinski definition) is 6. The molecule has 1 amide bonds. The number of anilines is 1. The van der Waals surface area contributed by atoms with Crippen molar-refractivity contribution >= 4 is 27.8 Å². The van der Waals surface area contributed by atoms with Crippen LogP contribution in [0.4, 0.5) is 5.69 Å². The molecule has 0 saturated carbocycles. The predicted octanol–water partition coefficient (Wildman–Crippen LogP) is 3.42. The van der Waals surface area contributed by atoms with Crippen molar-refractivity contribution in [3.63, 3.8) is 0 Å². The minimum Gasteiger partial charge on any atom is -0.486 e. The van der Waals surface area contributed by atoms with E-state index in [1.54, 1.807) is 49.4 Å². The van der Waals surface area contributed by atoms with Gasteiger partial charge in [-0.25, -0.2) is 13.8 Å². The predicted molar refractivity (Wildman–Crippen MR) is 130 cm³/mol. The molecule has 34 heavy (non-hydrogen) atoms. The number of amides is 1. The normalized spacial score (nSPS) is 13.0. The second-order valence-corrected chi connectivity index (χ2v) is 9.64. The molecule has 0 bridgehead atoms. The van der Waals surface area contributed by atoms with Crippen LogP contribution in [0.5, 0.6) is 11.5 Å². The van der Waals surface area contributed by atoms with Crippen molar-refractivity contribution in [1.82, 2.24) is 5.43 Å². The van der Waals surface area contributed by atoms with E-state index in [2.05, 4.69) is 10.5 Å². The Morgan fingerprint density at radius 1 is 1.03 bits per heavy atom. The van der Waals surface area contributed by atoms with Crippen molar-refractivity contribution < 1.29 is 22.7 Å². The first-order valence-corrected chi connectivity index (χ1v) is 12.2. The lowest BCUT2D eigenvalue weighted by Crippen LogP contribution is -2.40. The lowest BCUT2D eigenvalue weighted by Gasteiger charge is -2.25. The number of hydrogen-bond donors (Lipinski definition) is 1. The third-order valence-electron chi connectivity index (χ3n) is 5.24. The molecule has 3 aromatic carbocycles. The van der Waals surface area contributed by atoms with Gasteiger partial charge in [-0.2, -0.15) is 5.10 Å². The zero-order valence-corrected chi connectivity index (χ0v) is 19.7. The van der Waals surface area contributed by atoms with E-state index in [9.17, 15) is 13.2 Å². The Morgan fingerprint density at radius 2 is 1.79 bits per heavy atom. The highest BCUT2D eigenvalue weighted by Crippen LogP contribution is 2.32. The van der Waals surface area contributed by atoms with Crippen LogP contribution < -0.4 is 19.2 Å². The van der Waals surface area contributed by atoms with Gasteiger partial charge in [0.1, 0.15) is 19.8 Å². The van der Waals surface area contributed by atoms with Crippen molar-refractivity contribution in [2.75, 3.05) is 24.1 Å². The smallest absolute Gasteiger partial charge is 0.264 e. The van der Waals surface area contributed by atoms with E-state index in [1.165, 1.54) is 18.3 Å². The summed E-state index contributed by atoms with van der Waals surface area (Å²) < 4.78 is 39.2. The standard InChI is InChI=1S/C25H25N3O5S/c1-18-11-12-19(2)22(15-18)28(34(30,31)21-8-4-3-5-9-21)17-24(29)27-26-16-20-7-6-10-23-25(20)33-14-13-32-23/h3-12,15-16H,13-14,17H2,1-2H3,(H,27,29). The van der Waals surface area contributed by atoms with Crippen molar-refractivity contribution in [3.05, 3.63) is 83.4 Å². The van der Waals surface area contributed by atoms with Crippen LogP contribution in [0, 0.1) is 13.8 Å². The van der Waals surface area contributed by atoms with Crippen LogP contribution >= 0.6 is 0 Å². The Morgan fingerprint density at radius 3 is 2.59 bits per heavy atom. The van der Waals surface area contributed by atoms with E-state index in [0.717, 1.165) is 15.4 Å². The Balaban J connectivity index is 1.58. The number of nitrogens with zero attached hydrogens (tertiary/aromatic N) is 2. The quantitative estimate of drug-likeness (QED) is 0.414. The van der Waals surface area contributed by atoms with Crippen molar-refractivity contribution in [2.24, 2.45) is 5.10 Å². The second kappa shape index (κ2) is 9.96. The van der Waals surface area contributed by atoms with Gasteiger partial charge in [0.2, 0.25) is 0 Å². The number of carbonyl (C=O) groups excluding carboxylic acids is 1. The molecule has 0 saturated heterocycles. The van der Waals surface area contributed by atoms with Crippen LogP contribution in [0.1, 0.15) is 16.7 Å². The van der Waals surface area contributed by atoms with E-state index in [4.69, 9.17) is 9.47 Å². The summed E-state index contributed by atoms with van der Waals surface area (Å²) in [5, 5.41) is 4.01. The highest BCUT2D eigenvalue weighted by molar-refractivity contribution is 7.92. The molecule has 9 heteroatoms. The molecule has 1 N–H and O–H groups in total. The van der Waals surface area contributed by atoms with Crippen LogP contribution in [0.25, 0.3) is 0 Å². The van der Waals surface area contributed by atoms with Gasteiger partial charge in [-0.05, 0) is 55.3 Å². The summed E-state index contributed by atoms with van der Waals surface area (Å²) in [7, 11) is -3.99. The maximum Gasteiger partial charge on any atom is 0.264 e. The average Bonchev–Trinajstić information content (AvgIpc) is 2.85. The number of rotatable bonds is 7. The zero-order valence-electron chi connectivity index (χ0n) is 18.9. The van der Waals surface area contributed by atoms with Gasteiger partial charge in [-0.15, -0.1) is 0 Å². The molecule has 1 heterocycles. The number of nitrogens with one attached hydrogen (secondary N) is 1. The summed E-state index contributed by atoms with van der Waals surface area (Å²) in [6.07, 6.45) is 1.44. The fourth-order valence-electron chi connectivity index (χ4n) is 3.54. The SMILES string of the molecule is Cc1ccc(C)c(N(CC(=O)NN=Cc2cccc3c2OCCO3)S(=O)(=O)c2ccccc2)c1. The van der Waals surface area contributed by atoms with Gasteiger partial charge in [-0.3, -0.25) is 9.10 Å². The molecule has 0 aromatic heterocycles. The molecule has 4 rings (SSSR count). The van der Waals surface area contributed by atoms with E-state index in [0.29, 0.717) is 36.0 Å². The van der Waals surface area contributed by atoms with Gasteiger partial charge in [0.15, 0.2) is 11.5 Å². The summed E-state index contributed by atoms with van der Waals surface area (Å²) in [5.41, 5.74) is 5.11. The van der Waals surface area contributed by atoms with Crippen LogP contribution in [0.3, 0.4) is 0 Å². The fourth-order valence-corrected chi connectivity index (χ4v) is 5.04. The number of sulfonamides is 1. The number of hydrazone groups is 1. The fraction of sp³-hybridized carbons (Fsp3) is 0.200. The first-order valence-electron chi connectivity index (χ1n) is 10.7. The third kappa shape index (κ3) is 5.04. The zero-order chi connectivity index (χ0) is 24.1. The number of carbonyl (C=O) groups is 1. The van der Waals surface area contributed by atoms with E-state index < -0.39 is 22.5 Å². The van der Waals surface area contributed by atoms with E-state index >= 15 is 0 Å². The number of fused-ring (bicyclic) bond motifs is 1. The molecule has 0 spiro atoms. The lowest BCUT2D eigenvalue weighted by molar-refractivity contribution is -0.119. The molecule has 8 nitrogen and oxygen atoms in total. The van der Waals surface area contributed by atoms with Crippen molar-refractivity contribution in [3.8, 4) is 11.5 Å². The molecular formula is C25H25N3O5S. The monoisotopic (exact) mass is 479 g/mol. The van der Waals surface area contributed by atoms with E-state index in [1.807, 2.05) is 19.1 Å². The van der Waals surface area contributed by atoms with Gasteiger partial charge >= 0.3 is 0 Å². The highest BCUT2D eigenvalue weighted by atomic mass is 32.2. The summed E-state index contributed by atoms with van der Waals surface area (Å²) in [5.74, 6) is 0.575. The molecule has 176 valence electrons. The molecule has 0 fully saturated rings. The van der Waals surface area contributed by atoms with Gasteiger partial charge in [0.25, 0.3) is 15.9 Å². The topological polar surface area (TPSA) is 97.3 Å². The molecule has 1 aliphatic rings. The maximum absolute atomic E-state index is 13.5. The number of aryl methyl sites for hydroxylation is 2. The summed E-state index contributed by atoms with van der Waals surface area (Å²) in [4.78, 5) is 12.9. The first kappa shape index (κ1) is 23.3. The number of para-hydroxylation sites is 1. The average molecular weight is 480 g/mol.